The SMILES string of the molecule is O=CNCC(=O)N1CC2(CC1C=O)OCCO2. The molecule has 2 rings (SSSR count). The average Bonchev–Trinajstić information content (AvgIpc) is 2.94. The van der Waals surface area contributed by atoms with Crippen LogP contribution >= 0.6 is 0 Å². The maximum atomic E-state index is 11.7. The van der Waals surface area contributed by atoms with Crippen LogP contribution in [0.5, 0.6) is 0 Å². The van der Waals surface area contributed by atoms with Gasteiger partial charge in [-0.05, 0) is 0 Å². The van der Waals surface area contributed by atoms with Crippen molar-refractivity contribution >= 4 is 18.6 Å². The van der Waals surface area contributed by atoms with Crippen molar-refractivity contribution in [1.29, 1.82) is 0 Å². The van der Waals surface area contributed by atoms with Gasteiger partial charge in [0, 0.05) is 6.42 Å². The third-order valence-electron chi connectivity index (χ3n) is 2.96. The fourth-order valence-corrected chi connectivity index (χ4v) is 2.20. The summed E-state index contributed by atoms with van der Waals surface area (Å²) in [5, 5.41) is 2.28. The second-order valence-electron chi connectivity index (χ2n) is 4.04. The first kappa shape index (κ1) is 12.0. The van der Waals surface area contributed by atoms with Gasteiger partial charge in [-0.25, -0.2) is 0 Å². The minimum Gasteiger partial charge on any atom is -0.350 e. The van der Waals surface area contributed by atoms with Crippen molar-refractivity contribution in [3.05, 3.63) is 0 Å². The second-order valence-corrected chi connectivity index (χ2v) is 4.04. The Labute approximate surface area is 98.0 Å². The molecule has 2 aliphatic heterocycles. The lowest BCUT2D eigenvalue weighted by atomic mass is 10.2. The van der Waals surface area contributed by atoms with E-state index in [1.54, 1.807) is 0 Å². The lowest BCUT2D eigenvalue weighted by molar-refractivity contribution is -0.152. The van der Waals surface area contributed by atoms with Gasteiger partial charge < -0.3 is 24.5 Å². The number of nitrogens with one attached hydrogen (secondary N) is 1. The lowest BCUT2D eigenvalue weighted by Gasteiger charge is -2.22. The Morgan fingerprint density at radius 3 is 2.71 bits per heavy atom. The van der Waals surface area contributed by atoms with Crippen LogP contribution in [0.4, 0.5) is 0 Å². The predicted molar refractivity (Wildman–Crippen MR) is 54.9 cm³/mol. The molecule has 94 valence electrons. The van der Waals surface area contributed by atoms with Crippen molar-refractivity contribution in [3.63, 3.8) is 0 Å². The summed E-state index contributed by atoms with van der Waals surface area (Å²) in [5.41, 5.74) is 0. The molecule has 2 amide bonds. The Balaban J connectivity index is 2.03. The molecule has 2 fully saturated rings. The van der Waals surface area contributed by atoms with E-state index >= 15 is 0 Å². The maximum Gasteiger partial charge on any atom is 0.242 e. The molecular weight excluding hydrogens is 228 g/mol. The molecule has 0 aromatic heterocycles. The van der Waals surface area contributed by atoms with Crippen LogP contribution < -0.4 is 5.32 Å². The smallest absolute Gasteiger partial charge is 0.242 e. The highest BCUT2D eigenvalue weighted by molar-refractivity contribution is 5.83. The van der Waals surface area contributed by atoms with E-state index in [1.807, 2.05) is 0 Å². The molecule has 2 heterocycles. The number of nitrogens with zero attached hydrogens (tertiary/aromatic N) is 1. The summed E-state index contributed by atoms with van der Waals surface area (Å²) in [7, 11) is 0. The number of hydrogen-bond acceptors (Lipinski definition) is 5. The van der Waals surface area contributed by atoms with Crippen molar-refractivity contribution in [2.75, 3.05) is 26.3 Å². The summed E-state index contributed by atoms with van der Waals surface area (Å²) in [6.07, 6.45) is 1.50. The first-order valence-electron chi connectivity index (χ1n) is 5.40. The molecule has 1 atom stereocenters. The van der Waals surface area contributed by atoms with E-state index in [9.17, 15) is 14.4 Å². The van der Waals surface area contributed by atoms with Crippen LogP contribution in [0, 0.1) is 0 Å². The molecule has 7 heteroatoms. The van der Waals surface area contributed by atoms with Crippen molar-refractivity contribution in [2.45, 2.75) is 18.2 Å². The van der Waals surface area contributed by atoms with Crippen LogP contribution in [0.15, 0.2) is 0 Å². The lowest BCUT2D eigenvalue weighted by Crippen LogP contribution is -2.43. The van der Waals surface area contributed by atoms with Gasteiger partial charge in [-0.1, -0.05) is 0 Å². The van der Waals surface area contributed by atoms with Gasteiger partial charge in [-0.2, -0.15) is 0 Å². The largest absolute Gasteiger partial charge is 0.350 e. The van der Waals surface area contributed by atoms with Crippen molar-refractivity contribution < 1.29 is 23.9 Å². The number of ether oxygens (including phenoxy) is 2. The number of amides is 2. The fraction of sp³-hybridized carbons (Fsp3) is 0.700. The van der Waals surface area contributed by atoms with E-state index in [2.05, 4.69) is 5.32 Å². The van der Waals surface area contributed by atoms with Crippen molar-refractivity contribution in [3.8, 4) is 0 Å². The fourth-order valence-electron chi connectivity index (χ4n) is 2.20. The van der Waals surface area contributed by atoms with Crippen molar-refractivity contribution in [2.24, 2.45) is 0 Å². The third-order valence-corrected chi connectivity index (χ3v) is 2.96. The van der Waals surface area contributed by atoms with E-state index in [-0.39, 0.29) is 19.0 Å². The molecule has 0 bridgehead atoms. The predicted octanol–water partition coefficient (Wildman–Crippen LogP) is -1.72. The second kappa shape index (κ2) is 4.80. The maximum absolute atomic E-state index is 11.7. The van der Waals surface area contributed by atoms with E-state index in [4.69, 9.17) is 9.47 Å². The van der Waals surface area contributed by atoms with Crippen LogP contribution in [0.25, 0.3) is 0 Å². The summed E-state index contributed by atoms with van der Waals surface area (Å²) in [6.45, 7) is 1.06. The van der Waals surface area contributed by atoms with Crippen LogP contribution in [0.2, 0.25) is 0 Å². The molecule has 2 saturated heterocycles. The number of likely N-dealkylation sites (tertiary alicyclic amines) is 1. The Bertz CT molecular complexity index is 327. The van der Waals surface area contributed by atoms with Crippen LogP contribution in [-0.4, -0.2) is 61.6 Å². The van der Waals surface area contributed by atoms with Crippen LogP contribution in [0.3, 0.4) is 0 Å². The standard InChI is InChI=1S/C10H14N2O5/c13-5-8-3-10(16-1-2-17-10)6-12(8)9(15)4-11-7-14/h5,7-8H,1-4,6H2,(H,11,14). The Hall–Kier alpha value is -1.47. The van der Waals surface area contributed by atoms with Gasteiger partial charge in [0.15, 0.2) is 5.79 Å². The molecule has 0 saturated carbocycles. The van der Waals surface area contributed by atoms with E-state index in [0.29, 0.717) is 32.3 Å². The topological polar surface area (TPSA) is 84.9 Å². The molecule has 0 radical (unpaired) electrons. The Morgan fingerprint density at radius 1 is 1.41 bits per heavy atom. The number of hydrogen-bond donors (Lipinski definition) is 1. The number of aldehydes is 1. The zero-order valence-electron chi connectivity index (χ0n) is 9.26. The molecule has 0 aliphatic carbocycles. The van der Waals surface area contributed by atoms with E-state index < -0.39 is 11.8 Å². The van der Waals surface area contributed by atoms with Gasteiger partial charge in [0.05, 0.1) is 32.3 Å². The highest BCUT2D eigenvalue weighted by atomic mass is 16.7. The van der Waals surface area contributed by atoms with Gasteiger partial charge >= 0.3 is 0 Å². The summed E-state index contributed by atoms with van der Waals surface area (Å²) in [4.78, 5) is 34.2. The normalized spacial score (nSPS) is 26.1. The number of rotatable bonds is 4. The molecular formula is C10H14N2O5. The molecule has 1 unspecified atom stereocenters. The molecule has 0 aromatic rings. The first-order chi connectivity index (χ1) is 8.21. The van der Waals surface area contributed by atoms with Gasteiger partial charge in [0.1, 0.15) is 6.29 Å². The molecule has 1 spiro atoms. The minimum atomic E-state index is -0.831. The molecule has 2 aliphatic rings. The van der Waals surface area contributed by atoms with Crippen LogP contribution in [0.1, 0.15) is 6.42 Å². The molecule has 1 N–H and O–H groups in total. The van der Waals surface area contributed by atoms with Crippen molar-refractivity contribution in [1.82, 2.24) is 10.2 Å². The van der Waals surface area contributed by atoms with Crippen LogP contribution in [-0.2, 0) is 23.9 Å². The summed E-state index contributed by atoms with van der Waals surface area (Å²) in [5.74, 6) is -1.15. The minimum absolute atomic E-state index is 0.121. The summed E-state index contributed by atoms with van der Waals surface area (Å²) >= 11 is 0. The first-order valence-corrected chi connectivity index (χ1v) is 5.40. The summed E-state index contributed by atoms with van der Waals surface area (Å²) in [6, 6.07) is -0.547. The quantitative estimate of drug-likeness (QED) is 0.592. The zero-order valence-corrected chi connectivity index (χ0v) is 9.26. The number of carbonyl (C=O) groups is 3. The highest BCUT2D eigenvalue weighted by Crippen LogP contribution is 2.33. The molecule has 7 nitrogen and oxygen atoms in total. The third kappa shape index (κ3) is 2.29. The van der Waals surface area contributed by atoms with E-state index in [1.165, 1.54) is 4.90 Å². The molecule has 0 aromatic carbocycles. The van der Waals surface area contributed by atoms with Gasteiger partial charge in [-0.3, -0.25) is 9.59 Å². The molecule has 17 heavy (non-hydrogen) atoms. The van der Waals surface area contributed by atoms with Gasteiger partial charge in [0.2, 0.25) is 12.3 Å². The average molecular weight is 242 g/mol. The highest BCUT2D eigenvalue weighted by Gasteiger charge is 2.49. The van der Waals surface area contributed by atoms with Gasteiger partial charge in [0.25, 0.3) is 0 Å². The number of carbonyl (C=O) groups excluding carboxylic acids is 3. The Morgan fingerprint density at radius 2 is 2.12 bits per heavy atom. The monoisotopic (exact) mass is 242 g/mol. The Kier molecular flexibility index (Phi) is 3.39. The van der Waals surface area contributed by atoms with Gasteiger partial charge in [-0.15, -0.1) is 0 Å². The zero-order chi connectivity index (χ0) is 12.3. The van der Waals surface area contributed by atoms with E-state index in [0.717, 1.165) is 0 Å². The summed E-state index contributed by atoms with van der Waals surface area (Å²) < 4.78 is 10.9.